The van der Waals surface area contributed by atoms with Crippen molar-refractivity contribution in [2.24, 2.45) is 0 Å². The molecule has 30 heavy (non-hydrogen) atoms. The molecule has 2 saturated carbocycles. The lowest BCUT2D eigenvalue weighted by molar-refractivity contribution is -0.384. The highest BCUT2D eigenvalue weighted by molar-refractivity contribution is 5.75. The Kier molecular flexibility index (Phi) is 6.25. The number of carbonyl (C=O) groups is 1. The van der Waals surface area contributed by atoms with Crippen molar-refractivity contribution in [3.63, 3.8) is 0 Å². The molecule has 1 N–H and O–H groups in total. The van der Waals surface area contributed by atoms with Crippen LogP contribution in [0.5, 0.6) is 0 Å². The van der Waals surface area contributed by atoms with Crippen LogP contribution in [0, 0.1) is 10.1 Å². The second-order valence-corrected chi connectivity index (χ2v) is 8.16. The Morgan fingerprint density at radius 1 is 1.13 bits per heavy atom. The van der Waals surface area contributed by atoms with Gasteiger partial charge in [0.05, 0.1) is 4.92 Å². The third kappa shape index (κ3) is 5.14. The largest absolute Gasteiger partial charge is 0.419 e. The van der Waals surface area contributed by atoms with Crippen LogP contribution < -0.4 is 5.32 Å². The predicted octanol–water partition coefficient (Wildman–Crippen LogP) is 4.43. The maximum Gasteiger partial charge on any atom is 0.318 e. The van der Waals surface area contributed by atoms with E-state index in [0.717, 1.165) is 38.5 Å². The minimum Gasteiger partial charge on any atom is -0.419 e. The van der Waals surface area contributed by atoms with Gasteiger partial charge in [-0.3, -0.25) is 10.1 Å². The van der Waals surface area contributed by atoms with Crippen molar-refractivity contribution in [3.8, 4) is 11.5 Å². The highest BCUT2D eigenvalue weighted by atomic mass is 16.6. The van der Waals surface area contributed by atoms with Crippen LogP contribution in [-0.2, 0) is 6.54 Å². The summed E-state index contributed by atoms with van der Waals surface area (Å²) in [7, 11) is 0. The maximum absolute atomic E-state index is 12.9. The number of benzene rings is 1. The van der Waals surface area contributed by atoms with Gasteiger partial charge in [0.15, 0.2) is 0 Å². The topological polar surface area (TPSA) is 114 Å². The van der Waals surface area contributed by atoms with Crippen LogP contribution >= 0.6 is 0 Å². The van der Waals surface area contributed by atoms with Gasteiger partial charge in [-0.1, -0.05) is 38.2 Å². The molecule has 0 saturated heterocycles. The van der Waals surface area contributed by atoms with E-state index in [1.807, 2.05) is 0 Å². The van der Waals surface area contributed by atoms with Crippen molar-refractivity contribution in [2.75, 3.05) is 0 Å². The number of hydrogen-bond donors (Lipinski definition) is 1. The Hall–Kier alpha value is -2.97. The molecular weight excluding hydrogens is 386 g/mol. The smallest absolute Gasteiger partial charge is 0.318 e. The molecule has 0 atom stereocenters. The molecule has 1 aromatic heterocycles. The average molecular weight is 413 g/mol. The van der Waals surface area contributed by atoms with E-state index in [1.165, 1.54) is 31.4 Å². The fourth-order valence-electron chi connectivity index (χ4n) is 3.94. The Balaban J connectivity index is 1.42. The fraction of sp³-hybridized carbons (Fsp3) is 0.571. The fourth-order valence-corrected chi connectivity index (χ4v) is 3.94. The summed E-state index contributed by atoms with van der Waals surface area (Å²) in [5, 5.41) is 22.3. The van der Waals surface area contributed by atoms with Gasteiger partial charge in [-0.05, 0) is 31.7 Å². The number of nitro groups is 1. The zero-order valence-corrected chi connectivity index (χ0v) is 17.0. The molecule has 160 valence electrons. The normalized spacial score (nSPS) is 17.7. The molecule has 9 heteroatoms. The van der Waals surface area contributed by atoms with Crippen LogP contribution in [0.2, 0.25) is 0 Å². The van der Waals surface area contributed by atoms with E-state index in [-0.39, 0.29) is 36.2 Å². The second-order valence-electron chi connectivity index (χ2n) is 8.16. The first kappa shape index (κ1) is 20.3. The Morgan fingerprint density at radius 3 is 2.57 bits per heavy atom. The molecule has 4 rings (SSSR count). The van der Waals surface area contributed by atoms with E-state index in [1.54, 1.807) is 17.0 Å². The highest BCUT2D eigenvalue weighted by Gasteiger charge is 2.34. The standard InChI is InChI=1S/C21H27N5O4/c27-21(22-16-8-4-2-1-3-5-9-16)25(17-11-12-17)14-19-23-24-20(30-19)15-7-6-10-18(13-15)26(28)29/h6-7,10,13,16-17H,1-5,8-9,11-12,14H2,(H,22,27). The van der Waals surface area contributed by atoms with Crippen molar-refractivity contribution in [1.82, 2.24) is 20.4 Å². The molecule has 9 nitrogen and oxygen atoms in total. The molecule has 0 unspecified atom stereocenters. The van der Waals surface area contributed by atoms with Crippen molar-refractivity contribution in [3.05, 3.63) is 40.3 Å². The van der Waals surface area contributed by atoms with Crippen LogP contribution in [0.1, 0.15) is 63.7 Å². The first-order valence-corrected chi connectivity index (χ1v) is 10.7. The Bertz CT molecular complexity index is 887. The number of nitro benzene ring substituents is 1. The molecule has 0 radical (unpaired) electrons. The van der Waals surface area contributed by atoms with Crippen LogP contribution in [-0.4, -0.2) is 38.1 Å². The zero-order valence-electron chi connectivity index (χ0n) is 17.0. The van der Waals surface area contributed by atoms with Crippen molar-refractivity contribution >= 4 is 11.7 Å². The number of non-ortho nitro benzene ring substituents is 1. The summed E-state index contributed by atoms with van der Waals surface area (Å²) in [6, 6.07) is 6.43. The van der Waals surface area contributed by atoms with Gasteiger partial charge in [-0.2, -0.15) is 0 Å². The van der Waals surface area contributed by atoms with E-state index >= 15 is 0 Å². The van der Waals surface area contributed by atoms with Crippen LogP contribution in [0.3, 0.4) is 0 Å². The zero-order chi connectivity index (χ0) is 20.9. The van der Waals surface area contributed by atoms with Gasteiger partial charge in [0.1, 0.15) is 6.54 Å². The molecule has 2 aromatic rings. The van der Waals surface area contributed by atoms with Gasteiger partial charge in [-0.15, -0.1) is 10.2 Å². The predicted molar refractivity (Wildman–Crippen MR) is 110 cm³/mol. The van der Waals surface area contributed by atoms with E-state index in [2.05, 4.69) is 15.5 Å². The summed E-state index contributed by atoms with van der Waals surface area (Å²) < 4.78 is 5.72. The van der Waals surface area contributed by atoms with Gasteiger partial charge in [0.25, 0.3) is 5.69 Å². The lowest BCUT2D eigenvalue weighted by Crippen LogP contribution is -2.45. The molecule has 0 spiro atoms. The van der Waals surface area contributed by atoms with Crippen molar-refractivity contribution in [2.45, 2.75) is 76.4 Å². The summed E-state index contributed by atoms with van der Waals surface area (Å²) in [6.45, 7) is 0.241. The lowest BCUT2D eigenvalue weighted by atomic mass is 9.97. The number of aromatic nitrogens is 2. The monoisotopic (exact) mass is 413 g/mol. The van der Waals surface area contributed by atoms with Crippen LogP contribution in [0.25, 0.3) is 11.5 Å². The van der Waals surface area contributed by atoms with Crippen LogP contribution in [0.15, 0.2) is 28.7 Å². The molecule has 2 aliphatic carbocycles. The lowest BCUT2D eigenvalue weighted by Gasteiger charge is -2.26. The summed E-state index contributed by atoms with van der Waals surface area (Å²) in [6.07, 6.45) is 10.1. The molecule has 1 aromatic carbocycles. The van der Waals surface area contributed by atoms with E-state index < -0.39 is 4.92 Å². The summed E-state index contributed by atoms with van der Waals surface area (Å²) >= 11 is 0. The molecular formula is C21H27N5O4. The number of carbonyl (C=O) groups excluding carboxylic acids is 1. The van der Waals surface area contributed by atoms with Gasteiger partial charge in [0.2, 0.25) is 11.8 Å². The molecule has 2 amide bonds. The molecule has 2 fully saturated rings. The number of nitrogens with one attached hydrogen (secondary N) is 1. The number of amides is 2. The summed E-state index contributed by atoms with van der Waals surface area (Å²) in [5.74, 6) is 0.543. The first-order chi connectivity index (χ1) is 14.6. The van der Waals surface area contributed by atoms with Gasteiger partial charge in [0, 0.05) is 29.8 Å². The SMILES string of the molecule is O=C(NC1CCCCCCC1)N(Cc1nnc(-c2cccc([N+](=O)[O-])c2)o1)C1CC1. The average Bonchev–Trinajstić information content (AvgIpc) is 3.45. The van der Waals surface area contributed by atoms with Gasteiger partial charge < -0.3 is 14.6 Å². The quantitative estimate of drug-likeness (QED) is 0.553. The van der Waals surface area contributed by atoms with E-state index in [4.69, 9.17) is 4.42 Å². The Labute approximate surface area is 175 Å². The maximum atomic E-state index is 12.9. The first-order valence-electron chi connectivity index (χ1n) is 10.7. The summed E-state index contributed by atoms with van der Waals surface area (Å²) in [4.78, 5) is 25.2. The van der Waals surface area contributed by atoms with Crippen LogP contribution in [0.4, 0.5) is 10.5 Å². The van der Waals surface area contributed by atoms with Crippen molar-refractivity contribution in [1.29, 1.82) is 0 Å². The van der Waals surface area contributed by atoms with Crippen molar-refractivity contribution < 1.29 is 14.1 Å². The highest BCUT2D eigenvalue weighted by Crippen LogP contribution is 2.29. The number of hydrogen-bond acceptors (Lipinski definition) is 6. The molecule has 0 bridgehead atoms. The van der Waals surface area contributed by atoms with Gasteiger partial charge in [-0.25, -0.2) is 4.79 Å². The van der Waals surface area contributed by atoms with E-state index in [9.17, 15) is 14.9 Å². The molecule has 1 heterocycles. The molecule has 0 aliphatic heterocycles. The number of urea groups is 1. The minimum absolute atomic E-state index is 0.0366. The van der Waals surface area contributed by atoms with Gasteiger partial charge >= 0.3 is 6.03 Å². The Morgan fingerprint density at radius 2 is 1.87 bits per heavy atom. The third-order valence-corrected chi connectivity index (χ3v) is 5.76. The second kappa shape index (κ2) is 9.23. The third-order valence-electron chi connectivity index (χ3n) is 5.76. The molecule has 2 aliphatic rings. The minimum atomic E-state index is -0.463. The number of nitrogens with zero attached hydrogens (tertiary/aromatic N) is 4. The van der Waals surface area contributed by atoms with E-state index in [0.29, 0.717) is 11.5 Å². The summed E-state index contributed by atoms with van der Waals surface area (Å²) in [5.41, 5.74) is 0.449. The number of rotatable bonds is 6.